The van der Waals surface area contributed by atoms with Gasteiger partial charge in [-0.3, -0.25) is 5.41 Å². The van der Waals surface area contributed by atoms with Crippen molar-refractivity contribution in [2.24, 2.45) is 5.73 Å². The fourth-order valence-corrected chi connectivity index (χ4v) is 1.12. The zero-order valence-electron chi connectivity index (χ0n) is 8.37. The van der Waals surface area contributed by atoms with Crippen molar-refractivity contribution in [3.05, 3.63) is 23.8 Å². The zero-order chi connectivity index (χ0) is 10.7. The molecule has 76 valence electrons. The van der Waals surface area contributed by atoms with Crippen LogP contribution < -0.4 is 16.2 Å². The molecule has 0 aliphatic rings. The van der Waals surface area contributed by atoms with Crippen molar-refractivity contribution in [3.63, 3.8) is 0 Å². The summed E-state index contributed by atoms with van der Waals surface area (Å²) in [5.74, 6) is 0.635. The Morgan fingerprint density at radius 2 is 2.00 bits per heavy atom. The highest BCUT2D eigenvalue weighted by molar-refractivity contribution is 5.96. The average Bonchev–Trinajstić information content (AvgIpc) is 2.01. The molecule has 1 aromatic carbocycles. The fraction of sp³-hybridized carbons (Fsp3) is 0.300. The van der Waals surface area contributed by atoms with Crippen LogP contribution in [0.25, 0.3) is 0 Å². The first kappa shape index (κ1) is 10.4. The molecule has 4 heteroatoms. The highest BCUT2D eigenvalue weighted by Crippen LogP contribution is 2.19. The van der Waals surface area contributed by atoms with Crippen molar-refractivity contribution >= 4 is 11.5 Å². The Hall–Kier alpha value is -1.71. The predicted molar refractivity (Wildman–Crippen MR) is 57.6 cm³/mol. The molecule has 0 saturated carbocycles. The molecule has 1 rings (SSSR count). The number of anilines is 1. The highest BCUT2D eigenvalue weighted by Gasteiger charge is 2.03. The summed E-state index contributed by atoms with van der Waals surface area (Å²) in [5.41, 5.74) is 12.1. The first-order valence-corrected chi connectivity index (χ1v) is 4.40. The van der Waals surface area contributed by atoms with Crippen molar-refractivity contribution < 1.29 is 4.74 Å². The molecule has 0 heterocycles. The molecule has 0 amide bonds. The number of hydrogen-bond donors (Lipinski definition) is 3. The molecule has 5 N–H and O–H groups in total. The number of hydrogen-bond acceptors (Lipinski definition) is 3. The molecule has 0 aliphatic carbocycles. The molecule has 0 spiro atoms. The summed E-state index contributed by atoms with van der Waals surface area (Å²) in [6.07, 6.45) is 0.0802. The molecule has 0 fully saturated rings. The van der Waals surface area contributed by atoms with Gasteiger partial charge in [0.1, 0.15) is 11.6 Å². The van der Waals surface area contributed by atoms with Crippen LogP contribution in [-0.2, 0) is 0 Å². The number of nitrogens with two attached hydrogens (primary N) is 2. The first-order chi connectivity index (χ1) is 6.49. The van der Waals surface area contributed by atoms with Gasteiger partial charge >= 0.3 is 0 Å². The van der Waals surface area contributed by atoms with Gasteiger partial charge in [0.15, 0.2) is 0 Å². The maximum absolute atomic E-state index is 7.28. The van der Waals surface area contributed by atoms with Crippen molar-refractivity contribution in [1.82, 2.24) is 0 Å². The Balaban J connectivity index is 3.01. The van der Waals surface area contributed by atoms with Crippen molar-refractivity contribution in [3.8, 4) is 5.75 Å². The summed E-state index contributed by atoms with van der Waals surface area (Å²) in [6, 6.07) is 5.07. The minimum atomic E-state index is -0.00842. The van der Waals surface area contributed by atoms with E-state index in [9.17, 15) is 0 Å². The van der Waals surface area contributed by atoms with Crippen molar-refractivity contribution in [2.45, 2.75) is 20.0 Å². The van der Waals surface area contributed by atoms with Gasteiger partial charge in [-0.1, -0.05) is 0 Å². The lowest BCUT2D eigenvalue weighted by Crippen LogP contribution is -2.12. The van der Waals surface area contributed by atoms with Crippen LogP contribution in [-0.4, -0.2) is 11.9 Å². The van der Waals surface area contributed by atoms with E-state index in [2.05, 4.69) is 0 Å². The molecule has 0 aliphatic heterocycles. The Morgan fingerprint density at radius 3 is 2.50 bits per heavy atom. The van der Waals surface area contributed by atoms with E-state index in [-0.39, 0.29) is 11.9 Å². The smallest absolute Gasteiger partial charge is 0.122 e. The second-order valence-corrected chi connectivity index (χ2v) is 3.37. The van der Waals surface area contributed by atoms with E-state index < -0.39 is 0 Å². The summed E-state index contributed by atoms with van der Waals surface area (Å²) >= 11 is 0. The summed E-state index contributed by atoms with van der Waals surface area (Å²) < 4.78 is 5.45. The lowest BCUT2D eigenvalue weighted by Gasteiger charge is -2.11. The van der Waals surface area contributed by atoms with Gasteiger partial charge < -0.3 is 16.2 Å². The molecule has 0 saturated heterocycles. The number of benzene rings is 1. The van der Waals surface area contributed by atoms with Gasteiger partial charge in [0, 0.05) is 17.3 Å². The molecule has 0 unspecified atom stereocenters. The Labute approximate surface area is 83.4 Å². The third-order valence-corrected chi connectivity index (χ3v) is 1.61. The van der Waals surface area contributed by atoms with Crippen LogP contribution in [0.4, 0.5) is 5.69 Å². The number of nitrogen functional groups attached to an aromatic ring is 2. The van der Waals surface area contributed by atoms with E-state index in [1.807, 2.05) is 13.8 Å². The van der Waals surface area contributed by atoms with Crippen molar-refractivity contribution in [2.75, 3.05) is 5.73 Å². The standard InChI is InChI=1S/C10H15N3O/c1-6(2)14-9-4-7(10(12)13)3-8(11)5-9/h3-6H,11H2,1-2H3,(H3,12,13). The van der Waals surface area contributed by atoms with E-state index in [0.717, 1.165) is 0 Å². The van der Waals surface area contributed by atoms with Gasteiger partial charge in [-0.05, 0) is 26.0 Å². The van der Waals surface area contributed by atoms with E-state index in [0.29, 0.717) is 17.0 Å². The normalized spacial score (nSPS) is 10.2. The largest absolute Gasteiger partial charge is 0.491 e. The number of nitrogens with one attached hydrogen (secondary N) is 1. The summed E-state index contributed by atoms with van der Waals surface area (Å²) in [6.45, 7) is 3.85. The SMILES string of the molecule is CC(C)Oc1cc(N)cc(C(=N)N)c1. The van der Waals surface area contributed by atoms with E-state index >= 15 is 0 Å². The quantitative estimate of drug-likeness (QED) is 0.384. The van der Waals surface area contributed by atoms with Gasteiger partial charge in [0.25, 0.3) is 0 Å². The molecule has 4 nitrogen and oxygen atoms in total. The molecule has 0 aromatic heterocycles. The highest BCUT2D eigenvalue weighted by atomic mass is 16.5. The Kier molecular flexibility index (Phi) is 2.96. The van der Waals surface area contributed by atoms with Crippen LogP contribution in [0.2, 0.25) is 0 Å². The van der Waals surface area contributed by atoms with E-state index in [1.165, 1.54) is 0 Å². The van der Waals surface area contributed by atoms with Crippen molar-refractivity contribution in [1.29, 1.82) is 5.41 Å². The van der Waals surface area contributed by atoms with E-state index in [1.54, 1.807) is 18.2 Å². The second kappa shape index (κ2) is 4.00. The van der Waals surface area contributed by atoms with Gasteiger partial charge in [0.2, 0.25) is 0 Å². The summed E-state index contributed by atoms with van der Waals surface area (Å²) in [7, 11) is 0. The zero-order valence-corrected chi connectivity index (χ0v) is 8.37. The molecule has 1 aromatic rings. The lowest BCUT2D eigenvalue weighted by atomic mass is 10.2. The maximum Gasteiger partial charge on any atom is 0.122 e. The molecular formula is C10H15N3O. The summed E-state index contributed by atoms with van der Waals surface area (Å²) in [4.78, 5) is 0. The predicted octanol–water partition coefficient (Wildman–Crippen LogP) is 1.34. The maximum atomic E-state index is 7.28. The Bertz CT molecular complexity index is 347. The number of rotatable bonds is 3. The van der Waals surface area contributed by atoms with Gasteiger partial charge in [-0.25, -0.2) is 0 Å². The van der Waals surface area contributed by atoms with Gasteiger partial charge in [0.05, 0.1) is 6.10 Å². The fourth-order valence-electron chi connectivity index (χ4n) is 1.12. The van der Waals surface area contributed by atoms with Crippen LogP contribution >= 0.6 is 0 Å². The van der Waals surface area contributed by atoms with Crippen LogP contribution in [0.15, 0.2) is 18.2 Å². The monoisotopic (exact) mass is 193 g/mol. The molecular weight excluding hydrogens is 178 g/mol. The van der Waals surface area contributed by atoms with Gasteiger partial charge in [-0.15, -0.1) is 0 Å². The minimum absolute atomic E-state index is 0.00842. The molecule has 0 bridgehead atoms. The third-order valence-electron chi connectivity index (χ3n) is 1.61. The lowest BCUT2D eigenvalue weighted by molar-refractivity contribution is 0.242. The topological polar surface area (TPSA) is 85.1 Å². The first-order valence-electron chi connectivity index (χ1n) is 4.40. The minimum Gasteiger partial charge on any atom is -0.491 e. The molecule has 14 heavy (non-hydrogen) atoms. The molecule has 0 atom stereocenters. The Morgan fingerprint density at radius 1 is 1.36 bits per heavy atom. The van der Waals surface area contributed by atoms with E-state index in [4.69, 9.17) is 21.6 Å². The second-order valence-electron chi connectivity index (χ2n) is 3.37. The van der Waals surface area contributed by atoms with Crippen LogP contribution in [0.3, 0.4) is 0 Å². The summed E-state index contributed by atoms with van der Waals surface area (Å²) in [5, 5.41) is 7.28. The molecule has 0 radical (unpaired) electrons. The van der Waals surface area contributed by atoms with Crippen LogP contribution in [0, 0.1) is 5.41 Å². The number of ether oxygens (including phenoxy) is 1. The third kappa shape index (κ3) is 2.65. The van der Waals surface area contributed by atoms with Crippen LogP contribution in [0.1, 0.15) is 19.4 Å². The van der Waals surface area contributed by atoms with Crippen LogP contribution in [0.5, 0.6) is 5.75 Å². The van der Waals surface area contributed by atoms with Gasteiger partial charge in [-0.2, -0.15) is 0 Å². The number of amidine groups is 1. The average molecular weight is 193 g/mol.